The third-order valence-corrected chi connectivity index (χ3v) is 4.89. The smallest absolute Gasteiger partial charge is 0.161 e. The molecule has 1 aliphatic carbocycles. The van der Waals surface area contributed by atoms with Crippen LogP contribution >= 0.6 is 0 Å². The van der Waals surface area contributed by atoms with Gasteiger partial charge in [-0.15, -0.1) is 0 Å². The maximum absolute atomic E-state index is 6.08. The molecule has 1 aliphatic heterocycles. The number of aryl methyl sites for hydroxylation is 1. The first-order valence-corrected chi connectivity index (χ1v) is 7.96. The zero-order chi connectivity index (χ0) is 15.1. The quantitative estimate of drug-likeness (QED) is 0.874. The van der Waals surface area contributed by atoms with Gasteiger partial charge < -0.3 is 9.47 Å². The molecule has 1 aromatic carbocycles. The Labute approximate surface area is 130 Å². The van der Waals surface area contributed by atoms with Crippen LogP contribution in [0.3, 0.4) is 0 Å². The van der Waals surface area contributed by atoms with Crippen molar-refractivity contribution in [2.75, 3.05) is 13.7 Å². The van der Waals surface area contributed by atoms with Gasteiger partial charge in [-0.1, -0.05) is 12.5 Å². The molecular formula is C17H21N3O2. The van der Waals surface area contributed by atoms with Gasteiger partial charge in [0.1, 0.15) is 17.7 Å². The highest BCUT2D eigenvalue weighted by molar-refractivity contribution is 5.39. The van der Waals surface area contributed by atoms with Crippen LogP contribution in [0.5, 0.6) is 5.75 Å². The van der Waals surface area contributed by atoms with E-state index < -0.39 is 0 Å². The number of hydrogen-bond acceptors (Lipinski definition) is 4. The van der Waals surface area contributed by atoms with E-state index in [0.717, 1.165) is 29.7 Å². The Morgan fingerprint density at radius 2 is 2.23 bits per heavy atom. The fraction of sp³-hybridized carbons (Fsp3) is 0.529. The molecule has 2 heterocycles. The second kappa shape index (κ2) is 5.39. The number of nitrogens with zero attached hydrogens (tertiary/aromatic N) is 3. The Bertz CT molecular complexity index is 682. The summed E-state index contributed by atoms with van der Waals surface area (Å²) in [5.41, 5.74) is 0.972. The summed E-state index contributed by atoms with van der Waals surface area (Å²) in [6.07, 6.45) is 3.90. The number of hydrogen-bond donors (Lipinski definition) is 0. The van der Waals surface area contributed by atoms with Gasteiger partial charge in [-0.3, -0.25) is 0 Å². The lowest BCUT2D eigenvalue weighted by atomic mass is 9.94. The van der Waals surface area contributed by atoms with Gasteiger partial charge in [-0.05, 0) is 43.7 Å². The van der Waals surface area contributed by atoms with Crippen LogP contribution in [-0.4, -0.2) is 28.5 Å². The number of rotatable bonds is 3. The van der Waals surface area contributed by atoms with Gasteiger partial charge in [0.05, 0.1) is 19.4 Å². The highest BCUT2D eigenvalue weighted by Gasteiger charge is 2.43. The van der Waals surface area contributed by atoms with Gasteiger partial charge in [-0.25, -0.2) is 9.67 Å². The molecule has 2 aliphatic rings. The Balaban J connectivity index is 1.74. The van der Waals surface area contributed by atoms with Crippen LogP contribution in [0.25, 0.3) is 5.69 Å². The van der Waals surface area contributed by atoms with E-state index in [9.17, 15) is 0 Å². The largest absolute Gasteiger partial charge is 0.497 e. The van der Waals surface area contributed by atoms with Crippen molar-refractivity contribution >= 4 is 0 Å². The summed E-state index contributed by atoms with van der Waals surface area (Å²) in [5, 5.41) is 4.59. The van der Waals surface area contributed by atoms with Crippen molar-refractivity contribution in [3.8, 4) is 11.4 Å². The van der Waals surface area contributed by atoms with Crippen LogP contribution in [0.1, 0.15) is 37.0 Å². The molecule has 0 spiro atoms. The van der Waals surface area contributed by atoms with E-state index in [-0.39, 0.29) is 6.10 Å². The van der Waals surface area contributed by atoms with Crippen LogP contribution in [0.2, 0.25) is 0 Å². The van der Waals surface area contributed by atoms with Gasteiger partial charge in [0, 0.05) is 6.07 Å². The molecule has 1 saturated heterocycles. The molecular weight excluding hydrogens is 278 g/mol. The topological polar surface area (TPSA) is 49.2 Å². The number of methoxy groups -OCH3 is 1. The zero-order valence-electron chi connectivity index (χ0n) is 13.0. The third kappa shape index (κ3) is 2.20. The average Bonchev–Trinajstić information content (AvgIpc) is 3.22. The predicted octanol–water partition coefficient (Wildman–Crippen LogP) is 3.07. The second-order valence-corrected chi connectivity index (χ2v) is 6.24. The molecule has 0 bridgehead atoms. The number of ether oxygens (including phenoxy) is 2. The van der Waals surface area contributed by atoms with Gasteiger partial charge >= 0.3 is 0 Å². The van der Waals surface area contributed by atoms with Gasteiger partial charge in [0.15, 0.2) is 5.82 Å². The summed E-state index contributed by atoms with van der Waals surface area (Å²) >= 11 is 0. The summed E-state index contributed by atoms with van der Waals surface area (Å²) < 4.78 is 13.3. The molecule has 1 aromatic heterocycles. The van der Waals surface area contributed by atoms with E-state index in [1.165, 1.54) is 19.3 Å². The molecule has 5 heteroatoms. The molecule has 2 fully saturated rings. The van der Waals surface area contributed by atoms with Crippen molar-refractivity contribution in [2.24, 2.45) is 11.8 Å². The Hall–Kier alpha value is -1.88. The molecule has 0 N–H and O–H groups in total. The van der Waals surface area contributed by atoms with Gasteiger partial charge in [-0.2, -0.15) is 5.10 Å². The lowest BCUT2D eigenvalue weighted by Gasteiger charge is -2.17. The van der Waals surface area contributed by atoms with E-state index in [1.54, 1.807) is 7.11 Å². The molecule has 0 radical (unpaired) electrons. The summed E-state index contributed by atoms with van der Waals surface area (Å²) in [6.45, 7) is 2.79. The lowest BCUT2D eigenvalue weighted by molar-refractivity contribution is 0.0770. The van der Waals surface area contributed by atoms with E-state index in [0.29, 0.717) is 11.8 Å². The van der Waals surface area contributed by atoms with Gasteiger partial charge in [0.2, 0.25) is 0 Å². The van der Waals surface area contributed by atoms with E-state index in [1.807, 2.05) is 35.9 Å². The maximum atomic E-state index is 6.08. The zero-order valence-corrected chi connectivity index (χ0v) is 13.0. The molecule has 4 rings (SSSR count). The molecule has 0 unspecified atom stereocenters. The fourth-order valence-corrected chi connectivity index (χ4v) is 3.84. The number of fused-ring (bicyclic) bond motifs is 1. The molecule has 22 heavy (non-hydrogen) atoms. The summed E-state index contributed by atoms with van der Waals surface area (Å²) in [6, 6.07) is 7.93. The minimum atomic E-state index is 0.0694. The van der Waals surface area contributed by atoms with Crippen molar-refractivity contribution in [1.82, 2.24) is 14.8 Å². The van der Waals surface area contributed by atoms with E-state index >= 15 is 0 Å². The van der Waals surface area contributed by atoms with Crippen LogP contribution in [0.15, 0.2) is 24.3 Å². The third-order valence-electron chi connectivity index (χ3n) is 4.89. The predicted molar refractivity (Wildman–Crippen MR) is 82.2 cm³/mol. The van der Waals surface area contributed by atoms with Crippen LogP contribution < -0.4 is 4.74 Å². The SMILES string of the molecule is COc1cccc(-n2nc(C)nc2[C@@H]2OC[C@@H]3CCC[C@@H]32)c1. The molecule has 2 aromatic rings. The first-order chi connectivity index (χ1) is 10.8. The Morgan fingerprint density at radius 1 is 1.32 bits per heavy atom. The van der Waals surface area contributed by atoms with Crippen molar-refractivity contribution in [1.29, 1.82) is 0 Å². The van der Waals surface area contributed by atoms with Crippen molar-refractivity contribution < 1.29 is 9.47 Å². The van der Waals surface area contributed by atoms with E-state index in [2.05, 4.69) is 10.1 Å². The molecule has 3 atom stereocenters. The summed E-state index contributed by atoms with van der Waals surface area (Å²) in [7, 11) is 1.68. The maximum Gasteiger partial charge on any atom is 0.161 e. The van der Waals surface area contributed by atoms with Crippen molar-refractivity contribution in [3.05, 3.63) is 35.9 Å². The first-order valence-electron chi connectivity index (χ1n) is 7.96. The second-order valence-electron chi connectivity index (χ2n) is 6.24. The Kier molecular flexibility index (Phi) is 3.37. The number of aromatic nitrogens is 3. The minimum absolute atomic E-state index is 0.0694. The summed E-state index contributed by atoms with van der Waals surface area (Å²) in [5.74, 6) is 3.82. The normalized spacial score (nSPS) is 27.1. The fourth-order valence-electron chi connectivity index (χ4n) is 3.84. The highest BCUT2D eigenvalue weighted by atomic mass is 16.5. The minimum Gasteiger partial charge on any atom is -0.497 e. The molecule has 116 valence electrons. The molecule has 1 saturated carbocycles. The first kappa shape index (κ1) is 13.8. The van der Waals surface area contributed by atoms with Gasteiger partial charge in [0.25, 0.3) is 0 Å². The Morgan fingerprint density at radius 3 is 3.09 bits per heavy atom. The van der Waals surface area contributed by atoms with Crippen LogP contribution in [0, 0.1) is 18.8 Å². The van der Waals surface area contributed by atoms with Crippen molar-refractivity contribution in [3.63, 3.8) is 0 Å². The van der Waals surface area contributed by atoms with Crippen LogP contribution in [0.4, 0.5) is 0 Å². The van der Waals surface area contributed by atoms with Crippen molar-refractivity contribution in [2.45, 2.75) is 32.3 Å². The summed E-state index contributed by atoms with van der Waals surface area (Å²) in [4.78, 5) is 4.67. The lowest BCUT2D eigenvalue weighted by Crippen LogP contribution is -2.14. The average molecular weight is 299 g/mol. The standard InChI is InChI=1S/C17H21N3O2/c1-11-18-17(16-15-8-3-5-12(15)10-22-16)20(19-11)13-6-4-7-14(9-13)21-2/h4,6-7,9,12,15-16H,3,5,8,10H2,1-2H3/t12-,15-,16+/m0/s1. The molecule has 5 nitrogen and oxygen atoms in total. The monoisotopic (exact) mass is 299 g/mol. The number of benzene rings is 1. The molecule has 0 amide bonds. The van der Waals surface area contributed by atoms with E-state index in [4.69, 9.17) is 9.47 Å². The van der Waals surface area contributed by atoms with Crippen LogP contribution in [-0.2, 0) is 4.74 Å². The highest BCUT2D eigenvalue weighted by Crippen LogP contribution is 2.47.